The number of carbonyl (C=O) groups excluding carboxylic acids is 2. The van der Waals surface area contributed by atoms with Gasteiger partial charge in [-0.05, 0) is 38.4 Å². The highest BCUT2D eigenvalue weighted by Gasteiger charge is 2.27. The molecule has 0 bridgehead atoms. The summed E-state index contributed by atoms with van der Waals surface area (Å²) in [5.74, 6) is 0.320. The zero-order valence-corrected chi connectivity index (χ0v) is 15.0. The lowest BCUT2D eigenvalue weighted by Crippen LogP contribution is -2.51. The molecule has 1 unspecified atom stereocenters. The molecule has 0 aliphatic carbocycles. The topological polar surface area (TPSA) is 52.7 Å². The molecule has 7 heteroatoms. The van der Waals surface area contributed by atoms with Crippen molar-refractivity contribution >= 4 is 35.6 Å². The van der Waals surface area contributed by atoms with Crippen LogP contribution < -0.4 is 5.32 Å². The second-order valence-electron chi connectivity index (χ2n) is 6.08. The van der Waals surface area contributed by atoms with Crippen LogP contribution in [0.2, 0.25) is 0 Å². The van der Waals surface area contributed by atoms with Crippen molar-refractivity contribution in [1.82, 2.24) is 15.1 Å². The predicted octanol–water partition coefficient (Wildman–Crippen LogP) is 1.90. The van der Waals surface area contributed by atoms with E-state index in [1.165, 1.54) is 17.8 Å². The van der Waals surface area contributed by atoms with Crippen LogP contribution in [0.5, 0.6) is 0 Å². The van der Waals surface area contributed by atoms with Gasteiger partial charge in [-0.1, -0.05) is 0 Å². The molecule has 5 nitrogen and oxygen atoms in total. The van der Waals surface area contributed by atoms with E-state index >= 15 is 0 Å². The van der Waals surface area contributed by atoms with Crippen molar-refractivity contribution in [2.75, 3.05) is 32.7 Å². The van der Waals surface area contributed by atoms with Crippen molar-refractivity contribution in [3.8, 4) is 0 Å². The van der Waals surface area contributed by atoms with Gasteiger partial charge >= 0.3 is 0 Å². The third kappa shape index (κ3) is 4.46. The molecule has 3 heterocycles. The molecule has 128 valence electrons. The van der Waals surface area contributed by atoms with Gasteiger partial charge in [-0.25, -0.2) is 0 Å². The third-order valence-corrected chi connectivity index (χ3v) is 5.44. The van der Waals surface area contributed by atoms with Gasteiger partial charge in [0.05, 0.1) is 4.88 Å². The summed E-state index contributed by atoms with van der Waals surface area (Å²) in [5, 5.41) is 3.37. The van der Waals surface area contributed by atoms with E-state index in [4.69, 9.17) is 0 Å². The lowest BCUT2D eigenvalue weighted by atomic mass is 10.1. The van der Waals surface area contributed by atoms with Gasteiger partial charge in [0.1, 0.15) is 0 Å². The van der Waals surface area contributed by atoms with Crippen molar-refractivity contribution in [3.05, 3.63) is 21.9 Å². The number of hydrogen-bond donors (Lipinski definition) is 1. The van der Waals surface area contributed by atoms with Crippen molar-refractivity contribution in [1.29, 1.82) is 0 Å². The average molecular weight is 358 g/mol. The molecule has 2 aliphatic heterocycles. The minimum absolute atomic E-state index is 0. The van der Waals surface area contributed by atoms with Gasteiger partial charge in [-0.15, -0.1) is 23.7 Å². The maximum Gasteiger partial charge on any atom is 0.264 e. The van der Waals surface area contributed by atoms with Gasteiger partial charge in [0, 0.05) is 43.5 Å². The minimum atomic E-state index is 0. The molecule has 1 aromatic heterocycles. The Morgan fingerprint density at radius 2 is 1.91 bits per heavy atom. The Morgan fingerprint density at radius 1 is 1.22 bits per heavy atom. The van der Waals surface area contributed by atoms with Gasteiger partial charge in [-0.3, -0.25) is 9.59 Å². The Hall–Kier alpha value is -1.11. The van der Waals surface area contributed by atoms with Crippen LogP contribution in [0.25, 0.3) is 0 Å². The molecular weight excluding hydrogens is 334 g/mol. The first kappa shape index (κ1) is 18.2. The summed E-state index contributed by atoms with van der Waals surface area (Å²) in [4.78, 5) is 30.4. The summed E-state index contributed by atoms with van der Waals surface area (Å²) >= 11 is 1.54. The Bertz CT molecular complexity index is 549. The molecule has 1 N–H and O–H groups in total. The predicted molar refractivity (Wildman–Crippen MR) is 94.4 cm³/mol. The van der Waals surface area contributed by atoms with Crippen LogP contribution in [0.15, 0.2) is 12.1 Å². The third-order valence-electron chi connectivity index (χ3n) is 4.45. The SMILES string of the molecule is Cc1ccc(C(=O)N2CCN(C(=O)CC3CCCN3)CC2)s1.Cl. The molecule has 3 rings (SSSR count). The van der Waals surface area contributed by atoms with E-state index in [1.807, 2.05) is 28.9 Å². The number of piperazine rings is 1. The van der Waals surface area contributed by atoms with Crippen LogP contribution in [-0.4, -0.2) is 60.4 Å². The van der Waals surface area contributed by atoms with E-state index in [-0.39, 0.29) is 24.2 Å². The molecule has 0 spiro atoms. The van der Waals surface area contributed by atoms with Crippen LogP contribution in [-0.2, 0) is 4.79 Å². The van der Waals surface area contributed by atoms with E-state index in [2.05, 4.69) is 5.32 Å². The lowest BCUT2D eigenvalue weighted by molar-refractivity contribution is -0.133. The van der Waals surface area contributed by atoms with E-state index in [1.54, 1.807) is 0 Å². The zero-order chi connectivity index (χ0) is 15.5. The number of hydrogen-bond acceptors (Lipinski definition) is 4. The first-order valence-corrected chi connectivity index (χ1v) is 8.82. The van der Waals surface area contributed by atoms with Crippen LogP contribution in [0, 0.1) is 6.92 Å². The fourth-order valence-electron chi connectivity index (χ4n) is 3.14. The molecule has 2 amide bonds. The minimum Gasteiger partial charge on any atom is -0.339 e. The molecule has 2 saturated heterocycles. The largest absolute Gasteiger partial charge is 0.339 e. The molecule has 0 aromatic carbocycles. The zero-order valence-electron chi connectivity index (χ0n) is 13.4. The van der Waals surface area contributed by atoms with Crippen molar-refractivity contribution in [2.45, 2.75) is 32.2 Å². The van der Waals surface area contributed by atoms with Gasteiger partial charge in [0.15, 0.2) is 0 Å². The molecule has 1 atom stereocenters. The number of nitrogens with zero attached hydrogens (tertiary/aromatic N) is 2. The molecule has 2 aliphatic rings. The van der Waals surface area contributed by atoms with Crippen molar-refractivity contribution < 1.29 is 9.59 Å². The first-order chi connectivity index (χ1) is 10.6. The Kier molecular flexibility index (Phi) is 6.44. The summed E-state index contributed by atoms with van der Waals surface area (Å²) in [6, 6.07) is 4.22. The van der Waals surface area contributed by atoms with Crippen LogP contribution in [0.1, 0.15) is 33.8 Å². The fourth-order valence-corrected chi connectivity index (χ4v) is 3.97. The summed E-state index contributed by atoms with van der Waals surface area (Å²) in [6.07, 6.45) is 2.86. The number of carbonyl (C=O) groups is 2. The van der Waals surface area contributed by atoms with E-state index in [0.717, 1.165) is 22.7 Å². The fraction of sp³-hybridized carbons (Fsp3) is 0.625. The van der Waals surface area contributed by atoms with Crippen molar-refractivity contribution in [3.63, 3.8) is 0 Å². The standard InChI is InChI=1S/C16H23N3O2S.ClH/c1-12-4-5-14(22-12)16(21)19-9-7-18(8-10-19)15(20)11-13-3-2-6-17-13;/h4-5,13,17H,2-3,6-11H2,1H3;1H. The summed E-state index contributed by atoms with van der Waals surface area (Å²) in [5.41, 5.74) is 0. The van der Waals surface area contributed by atoms with Gasteiger partial charge in [-0.2, -0.15) is 0 Å². The van der Waals surface area contributed by atoms with E-state index in [0.29, 0.717) is 38.6 Å². The summed E-state index contributed by atoms with van der Waals surface area (Å²) in [6.45, 7) is 5.62. The van der Waals surface area contributed by atoms with Crippen molar-refractivity contribution in [2.24, 2.45) is 0 Å². The maximum atomic E-state index is 12.4. The number of halogens is 1. The molecule has 1 aromatic rings. The highest BCUT2D eigenvalue weighted by Crippen LogP contribution is 2.18. The molecule has 23 heavy (non-hydrogen) atoms. The molecule has 2 fully saturated rings. The Morgan fingerprint density at radius 3 is 2.48 bits per heavy atom. The number of nitrogens with one attached hydrogen (secondary N) is 1. The number of amides is 2. The highest BCUT2D eigenvalue weighted by atomic mass is 35.5. The molecular formula is C16H24ClN3O2S. The normalized spacial score (nSPS) is 21.2. The number of aryl methyl sites for hydroxylation is 1. The van der Waals surface area contributed by atoms with Gasteiger partial charge in [0.25, 0.3) is 5.91 Å². The first-order valence-electron chi connectivity index (χ1n) is 8.00. The van der Waals surface area contributed by atoms with Crippen LogP contribution in [0.3, 0.4) is 0 Å². The summed E-state index contributed by atoms with van der Waals surface area (Å²) in [7, 11) is 0. The number of rotatable bonds is 3. The monoisotopic (exact) mass is 357 g/mol. The highest BCUT2D eigenvalue weighted by molar-refractivity contribution is 7.13. The Labute approximate surface area is 147 Å². The average Bonchev–Trinajstić information content (AvgIpc) is 3.18. The quantitative estimate of drug-likeness (QED) is 0.899. The lowest BCUT2D eigenvalue weighted by Gasteiger charge is -2.35. The van der Waals surface area contributed by atoms with E-state index < -0.39 is 0 Å². The van der Waals surface area contributed by atoms with Crippen LogP contribution >= 0.6 is 23.7 Å². The second kappa shape index (κ2) is 8.13. The second-order valence-corrected chi connectivity index (χ2v) is 7.37. The summed E-state index contributed by atoms with van der Waals surface area (Å²) < 4.78 is 0. The van der Waals surface area contributed by atoms with E-state index in [9.17, 15) is 9.59 Å². The maximum absolute atomic E-state index is 12.4. The van der Waals surface area contributed by atoms with Crippen LogP contribution in [0.4, 0.5) is 0 Å². The number of thiophene rings is 1. The van der Waals surface area contributed by atoms with Gasteiger partial charge < -0.3 is 15.1 Å². The molecule has 0 saturated carbocycles. The Balaban J connectivity index is 0.00000192. The smallest absolute Gasteiger partial charge is 0.264 e. The molecule has 0 radical (unpaired) electrons. The van der Waals surface area contributed by atoms with Gasteiger partial charge in [0.2, 0.25) is 5.91 Å².